The molecule has 3 aromatic heterocycles. The van der Waals surface area contributed by atoms with Crippen LogP contribution >= 0.6 is 23.2 Å². The number of carbonyl (C=O) groups is 1. The summed E-state index contributed by atoms with van der Waals surface area (Å²) in [5, 5.41) is 12.5. The summed E-state index contributed by atoms with van der Waals surface area (Å²) in [6.07, 6.45) is 7.55. The molecule has 0 aliphatic heterocycles. The largest absolute Gasteiger partial charge is 0.345 e. The number of halogens is 2. The molecule has 7 nitrogen and oxygen atoms in total. The van der Waals surface area contributed by atoms with Gasteiger partial charge >= 0.3 is 0 Å². The molecule has 0 radical (unpaired) electrons. The highest BCUT2D eigenvalue weighted by molar-refractivity contribution is 6.42. The molecule has 2 aromatic carbocycles. The van der Waals surface area contributed by atoms with Crippen molar-refractivity contribution in [2.45, 2.75) is 19.0 Å². The molecule has 5 rings (SSSR count). The lowest BCUT2D eigenvalue weighted by atomic mass is 10.0. The van der Waals surface area contributed by atoms with E-state index in [1.165, 1.54) is 0 Å². The van der Waals surface area contributed by atoms with Crippen molar-refractivity contribution in [2.24, 2.45) is 0 Å². The van der Waals surface area contributed by atoms with E-state index < -0.39 is 0 Å². The maximum Gasteiger partial charge on any atom is 0.251 e. The van der Waals surface area contributed by atoms with Crippen LogP contribution in [0.2, 0.25) is 10.0 Å². The number of hydrogen-bond donors (Lipinski definition) is 1. The Hall–Kier alpha value is -4.07. The highest BCUT2D eigenvalue weighted by Gasteiger charge is 2.19. The van der Waals surface area contributed by atoms with Gasteiger partial charge in [0.2, 0.25) is 0 Å². The van der Waals surface area contributed by atoms with Crippen molar-refractivity contribution in [1.29, 1.82) is 0 Å². The van der Waals surface area contributed by atoms with E-state index in [0.717, 1.165) is 28.1 Å². The Morgan fingerprint density at radius 1 is 0.946 bits per heavy atom. The van der Waals surface area contributed by atoms with Gasteiger partial charge < -0.3 is 5.32 Å². The van der Waals surface area contributed by atoms with Crippen molar-refractivity contribution in [3.8, 4) is 11.3 Å². The zero-order valence-corrected chi connectivity index (χ0v) is 21.1. The summed E-state index contributed by atoms with van der Waals surface area (Å²) in [7, 11) is 0. The number of amides is 1. The fourth-order valence-corrected chi connectivity index (χ4v) is 4.28. The van der Waals surface area contributed by atoms with Crippen LogP contribution in [0.5, 0.6) is 0 Å². The van der Waals surface area contributed by atoms with Gasteiger partial charge in [-0.25, -0.2) is 4.68 Å². The minimum Gasteiger partial charge on any atom is -0.345 e. The number of aromatic nitrogens is 5. The molecule has 1 amide bonds. The second-order valence-corrected chi connectivity index (χ2v) is 9.28. The molecule has 5 aromatic rings. The Morgan fingerprint density at radius 2 is 1.86 bits per heavy atom. The van der Waals surface area contributed by atoms with Gasteiger partial charge in [-0.1, -0.05) is 52.7 Å². The van der Waals surface area contributed by atoms with Gasteiger partial charge in [-0.15, -0.1) is 5.10 Å². The van der Waals surface area contributed by atoms with Crippen LogP contribution in [0.4, 0.5) is 0 Å². The summed E-state index contributed by atoms with van der Waals surface area (Å²) in [5.74, 6) is -0.205. The monoisotopic (exact) mass is 528 g/mol. The van der Waals surface area contributed by atoms with Crippen LogP contribution in [-0.4, -0.2) is 30.9 Å². The highest BCUT2D eigenvalue weighted by Crippen LogP contribution is 2.27. The quantitative estimate of drug-likeness (QED) is 0.275. The topological polar surface area (TPSA) is 85.6 Å². The van der Waals surface area contributed by atoms with Crippen molar-refractivity contribution in [3.05, 3.63) is 130 Å². The first-order valence-corrected chi connectivity index (χ1v) is 12.4. The number of nitrogens with one attached hydrogen (secondary N) is 1. The molecule has 1 atom stereocenters. The van der Waals surface area contributed by atoms with E-state index in [2.05, 4.69) is 25.6 Å². The van der Waals surface area contributed by atoms with Gasteiger partial charge in [-0.3, -0.25) is 14.8 Å². The second kappa shape index (κ2) is 11.3. The van der Waals surface area contributed by atoms with Crippen LogP contribution in [0.1, 0.15) is 33.2 Å². The van der Waals surface area contributed by atoms with Gasteiger partial charge in [-0.2, -0.15) is 0 Å². The predicted octanol–water partition coefficient (Wildman–Crippen LogP) is 5.80. The van der Waals surface area contributed by atoms with Crippen molar-refractivity contribution < 1.29 is 4.79 Å². The van der Waals surface area contributed by atoms with Crippen molar-refractivity contribution in [2.75, 3.05) is 0 Å². The van der Waals surface area contributed by atoms with E-state index >= 15 is 0 Å². The molecular weight excluding hydrogens is 507 g/mol. The molecule has 9 heteroatoms. The number of carbonyl (C=O) groups excluding carboxylic acids is 1. The van der Waals surface area contributed by atoms with Gasteiger partial charge in [0.1, 0.15) is 5.69 Å². The molecular formula is C28H22Cl2N6O. The van der Waals surface area contributed by atoms with Gasteiger partial charge in [0.05, 0.1) is 28.8 Å². The number of rotatable bonds is 8. The third kappa shape index (κ3) is 6.20. The number of hydrogen-bond acceptors (Lipinski definition) is 5. The van der Waals surface area contributed by atoms with E-state index in [4.69, 9.17) is 23.2 Å². The summed E-state index contributed by atoms with van der Waals surface area (Å²) in [5.41, 5.74) is 4.78. The van der Waals surface area contributed by atoms with E-state index in [9.17, 15) is 4.79 Å². The van der Waals surface area contributed by atoms with Crippen molar-refractivity contribution in [3.63, 3.8) is 0 Å². The Labute approximate surface area is 224 Å². The predicted molar refractivity (Wildman–Crippen MR) is 143 cm³/mol. The Bertz CT molecular complexity index is 1510. The van der Waals surface area contributed by atoms with Crippen LogP contribution in [0.25, 0.3) is 11.3 Å². The van der Waals surface area contributed by atoms with Crippen LogP contribution in [0, 0.1) is 0 Å². The molecule has 0 aliphatic carbocycles. The zero-order valence-electron chi connectivity index (χ0n) is 19.6. The van der Waals surface area contributed by atoms with Gasteiger partial charge in [0.25, 0.3) is 5.91 Å². The third-order valence-corrected chi connectivity index (χ3v) is 6.56. The molecule has 0 bridgehead atoms. The maximum atomic E-state index is 13.3. The first kappa shape index (κ1) is 24.6. The minimum absolute atomic E-state index is 0.205. The molecule has 0 fully saturated rings. The summed E-state index contributed by atoms with van der Waals surface area (Å²) in [6.45, 7) is 0.471. The van der Waals surface area contributed by atoms with Crippen LogP contribution in [-0.2, 0) is 13.0 Å². The molecule has 1 N–H and O–H groups in total. The van der Waals surface area contributed by atoms with Gasteiger partial charge in [0, 0.05) is 41.8 Å². The van der Waals surface area contributed by atoms with Crippen LogP contribution in [0.15, 0.2) is 97.6 Å². The lowest BCUT2D eigenvalue weighted by Crippen LogP contribution is -2.30. The maximum absolute atomic E-state index is 13.3. The number of benzene rings is 2. The average Bonchev–Trinajstić information content (AvgIpc) is 3.39. The van der Waals surface area contributed by atoms with Gasteiger partial charge in [-0.05, 0) is 59.7 Å². The van der Waals surface area contributed by atoms with E-state index in [0.29, 0.717) is 28.6 Å². The molecule has 1 unspecified atom stereocenters. The fourth-order valence-electron chi connectivity index (χ4n) is 3.97. The average molecular weight is 529 g/mol. The first-order valence-electron chi connectivity index (χ1n) is 11.6. The molecule has 3 heterocycles. The lowest BCUT2D eigenvalue weighted by Gasteiger charge is -2.20. The van der Waals surface area contributed by atoms with Crippen LogP contribution in [0.3, 0.4) is 0 Å². The fraction of sp³-hybridized carbons (Fsp3) is 0.107. The Kier molecular flexibility index (Phi) is 7.54. The summed E-state index contributed by atoms with van der Waals surface area (Å²) < 4.78 is 1.74. The lowest BCUT2D eigenvalue weighted by molar-refractivity contribution is 0.0936. The molecule has 0 spiro atoms. The Balaban J connectivity index is 1.34. The molecule has 0 saturated heterocycles. The Morgan fingerprint density at radius 3 is 2.65 bits per heavy atom. The molecule has 0 aliphatic rings. The zero-order chi connectivity index (χ0) is 25.6. The van der Waals surface area contributed by atoms with Crippen LogP contribution < -0.4 is 5.32 Å². The SMILES string of the molecule is O=C(NC(Cc1ccccn1)c1ccc(Cl)c(Cl)c1)c1cccc(Cn2cc(-c3cccnc3)nn2)c1. The van der Waals surface area contributed by atoms with Crippen molar-refractivity contribution >= 4 is 29.1 Å². The minimum atomic E-state index is -0.349. The molecule has 37 heavy (non-hydrogen) atoms. The second-order valence-electron chi connectivity index (χ2n) is 8.47. The summed E-state index contributed by atoms with van der Waals surface area (Å²) in [6, 6.07) is 22.0. The third-order valence-electron chi connectivity index (χ3n) is 5.82. The van der Waals surface area contributed by atoms with E-state index in [1.807, 2.05) is 60.8 Å². The summed E-state index contributed by atoms with van der Waals surface area (Å²) in [4.78, 5) is 21.9. The van der Waals surface area contributed by atoms with Gasteiger partial charge in [0.15, 0.2) is 0 Å². The first-order chi connectivity index (χ1) is 18.0. The smallest absolute Gasteiger partial charge is 0.251 e. The van der Waals surface area contributed by atoms with E-state index in [1.54, 1.807) is 41.5 Å². The molecule has 184 valence electrons. The highest BCUT2D eigenvalue weighted by atomic mass is 35.5. The summed E-state index contributed by atoms with van der Waals surface area (Å²) >= 11 is 12.4. The van der Waals surface area contributed by atoms with E-state index in [-0.39, 0.29) is 11.9 Å². The normalized spacial score (nSPS) is 11.7. The molecule has 0 saturated carbocycles. The number of pyridine rings is 2. The standard InChI is InChI=1S/C28H22Cl2N6O/c29-24-10-9-20(14-25(24)30)26(15-23-8-1-2-12-32-23)33-28(37)21-6-3-5-19(13-21)17-36-18-27(34-35-36)22-7-4-11-31-16-22/h1-14,16,18,26H,15,17H2,(H,33,37). The van der Waals surface area contributed by atoms with Crippen molar-refractivity contribution in [1.82, 2.24) is 30.3 Å². The number of nitrogens with zero attached hydrogens (tertiary/aromatic N) is 5.